The Bertz CT molecular complexity index is 502. The maximum absolute atomic E-state index is 4.41. The van der Waals surface area contributed by atoms with Crippen molar-refractivity contribution in [2.45, 2.75) is 58.5 Å². The highest BCUT2D eigenvalue weighted by Gasteiger charge is 2.24. The molecular weight excluding hydrogens is 308 g/mol. The zero-order valence-corrected chi connectivity index (χ0v) is 16.5. The van der Waals surface area contributed by atoms with E-state index in [0.717, 1.165) is 31.5 Å². The van der Waals surface area contributed by atoms with Gasteiger partial charge in [0.15, 0.2) is 5.96 Å². The molecule has 0 bridgehead atoms. The molecule has 0 aromatic heterocycles. The van der Waals surface area contributed by atoms with E-state index in [1.807, 2.05) is 7.05 Å². The average molecular weight is 345 g/mol. The average Bonchev–Trinajstić information content (AvgIpc) is 2.68. The van der Waals surface area contributed by atoms with Gasteiger partial charge in [0.05, 0.1) is 0 Å². The fourth-order valence-corrected chi connectivity index (χ4v) is 3.58. The molecule has 1 aliphatic heterocycles. The van der Waals surface area contributed by atoms with Crippen LogP contribution in [0.2, 0.25) is 0 Å². The molecule has 1 heterocycles. The van der Waals surface area contributed by atoms with E-state index in [4.69, 9.17) is 0 Å². The van der Waals surface area contributed by atoms with Crippen molar-refractivity contribution in [3.8, 4) is 0 Å². The molecule has 0 amide bonds. The molecule has 1 aromatic rings. The van der Waals surface area contributed by atoms with Crippen LogP contribution in [0.15, 0.2) is 35.3 Å². The third kappa shape index (κ3) is 6.03. The molecule has 1 atom stereocenters. The van der Waals surface area contributed by atoms with Gasteiger partial charge in [0, 0.05) is 38.8 Å². The summed E-state index contributed by atoms with van der Waals surface area (Å²) in [4.78, 5) is 7.00. The SMILES string of the molecule is CCC(CC)CNC(=NC)NC1CCN(C(C)c2ccccc2)CC1. The van der Waals surface area contributed by atoms with Crippen LogP contribution in [0.25, 0.3) is 0 Å². The number of hydrogen-bond acceptors (Lipinski definition) is 2. The van der Waals surface area contributed by atoms with Gasteiger partial charge in [-0.1, -0.05) is 57.0 Å². The Hall–Kier alpha value is -1.55. The molecule has 1 aromatic carbocycles. The van der Waals surface area contributed by atoms with Crippen molar-refractivity contribution >= 4 is 5.96 Å². The van der Waals surface area contributed by atoms with Crippen molar-refractivity contribution < 1.29 is 0 Å². The number of nitrogens with zero attached hydrogens (tertiary/aromatic N) is 2. The molecule has 140 valence electrons. The molecule has 25 heavy (non-hydrogen) atoms. The van der Waals surface area contributed by atoms with Gasteiger partial charge in [0.25, 0.3) is 0 Å². The smallest absolute Gasteiger partial charge is 0.191 e. The van der Waals surface area contributed by atoms with Crippen molar-refractivity contribution in [3.63, 3.8) is 0 Å². The number of aliphatic imine (C=N–C) groups is 1. The first-order chi connectivity index (χ1) is 12.2. The van der Waals surface area contributed by atoms with E-state index < -0.39 is 0 Å². The highest BCUT2D eigenvalue weighted by Crippen LogP contribution is 2.23. The Labute approximate surface area is 154 Å². The lowest BCUT2D eigenvalue weighted by molar-refractivity contribution is 0.158. The van der Waals surface area contributed by atoms with E-state index in [1.54, 1.807) is 0 Å². The summed E-state index contributed by atoms with van der Waals surface area (Å²) in [7, 11) is 1.87. The molecule has 2 N–H and O–H groups in total. The molecule has 1 unspecified atom stereocenters. The van der Waals surface area contributed by atoms with Crippen LogP contribution in [-0.2, 0) is 0 Å². The number of guanidine groups is 1. The van der Waals surface area contributed by atoms with Crippen molar-refractivity contribution in [2.24, 2.45) is 10.9 Å². The van der Waals surface area contributed by atoms with E-state index >= 15 is 0 Å². The number of nitrogens with one attached hydrogen (secondary N) is 2. The van der Waals surface area contributed by atoms with Gasteiger partial charge < -0.3 is 10.6 Å². The minimum atomic E-state index is 0.495. The predicted octanol–water partition coefficient (Wildman–Crippen LogP) is 3.81. The van der Waals surface area contributed by atoms with Gasteiger partial charge in [-0.2, -0.15) is 0 Å². The normalized spacial score (nSPS) is 18.4. The summed E-state index contributed by atoms with van der Waals surface area (Å²) in [5.41, 5.74) is 1.41. The van der Waals surface area contributed by atoms with Crippen LogP contribution in [0.5, 0.6) is 0 Å². The fourth-order valence-electron chi connectivity index (χ4n) is 3.58. The minimum Gasteiger partial charge on any atom is -0.356 e. The molecule has 2 rings (SSSR count). The van der Waals surface area contributed by atoms with Crippen molar-refractivity contribution in [3.05, 3.63) is 35.9 Å². The monoisotopic (exact) mass is 344 g/mol. The largest absolute Gasteiger partial charge is 0.356 e. The Morgan fingerprint density at radius 3 is 2.36 bits per heavy atom. The summed E-state index contributed by atoms with van der Waals surface area (Å²) in [6.07, 6.45) is 4.78. The molecular formula is C21H36N4. The Morgan fingerprint density at radius 1 is 1.16 bits per heavy atom. The predicted molar refractivity (Wildman–Crippen MR) is 108 cm³/mol. The third-order valence-electron chi connectivity index (χ3n) is 5.64. The van der Waals surface area contributed by atoms with E-state index in [0.29, 0.717) is 12.1 Å². The second kappa shape index (κ2) is 10.4. The lowest BCUT2D eigenvalue weighted by Crippen LogP contribution is -2.49. The topological polar surface area (TPSA) is 39.7 Å². The van der Waals surface area contributed by atoms with Crippen LogP contribution >= 0.6 is 0 Å². The maximum atomic E-state index is 4.41. The highest BCUT2D eigenvalue weighted by molar-refractivity contribution is 5.79. The van der Waals surface area contributed by atoms with Gasteiger partial charge in [-0.25, -0.2) is 0 Å². The number of hydrogen-bond donors (Lipinski definition) is 2. The van der Waals surface area contributed by atoms with E-state index in [9.17, 15) is 0 Å². The van der Waals surface area contributed by atoms with Gasteiger partial charge >= 0.3 is 0 Å². The molecule has 1 aliphatic rings. The summed E-state index contributed by atoms with van der Waals surface area (Å²) >= 11 is 0. The van der Waals surface area contributed by atoms with E-state index in [1.165, 1.54) is 31.2 Å². The molecule has 4 heteroatoms. The molecule has 1 fully saturated rings. The van der Waals surface area contributed by atoms with E-state index in [-0.39, 0.29) is 0 Å². The Morgan fingerprint density at radius 2 is 1.80 bits per heavy atom. The highest BCUT2D eigenvalue weighted by atomic mass is 15.2. The standard InChI is InChI=1S/C21H36N4/c1-5-18(6-2)16-23-21(22-4)24-20-12-14-25(15-13-20)17(3)19-10-8-7-9-11-19/h7-11,17-18,20H,5-6,12-16H2,1-4H3,(H2,22,23,24). The Balaban J connectivity index is 1.77. The van der Waals surface area contributed by atoms with Crippen LogP contribution in [0.4, 0.5) is 0 Å². The van der Waals surface area contributed by atoms with Gasteiger partial charge in [0.2, 0.25) is 0 Å². The molecule has 4 nitrogen and oxygen atoms in total. The van der Waals surface area contributed by atoms with Crippen LogP contribution < -0.4 is 10.6 Å². The van der Waals surface area contributed by atoms with Crippen molar-refractivity contribution in [1.82, 2.24) is 15.5 Å². The molecule has 0 saturated carbocycles. The summed E-state index contributed by atoms with van der Waals surface area (Å²) in [6.45, 7) is 10.1. The third-order valence-corrected chi connectivity index (χ3v) is 5.64. The van der Waals surface area contributed by atoms with Gasteiger partial charge in [-0.05, 0) is 31.2 Å². The molecule has 0 spiro atoms. The van der Waals surface area contributed by atoms with Crippen LogP contribution in [0.3, 0.4) is 0 Å². The number of benzene rings is 1. The van der Waals surface area contributed by atoms with E-state index in [2.05, 4.69) is 71.6 Å². The minimum absolute atomic E-state index is 0.495. The zero-order chi connectivity index (χ0) is 18.1. The van der Waals surface area contributed by atoms with Crippen molar-refractivity contribution in [1.29, 1.82) is 0 Å². The lowest BCUT2D eigenvalue weighted by atomic mass is 10.0. The van der Waals surface area contributed by atoms with Gasteiger partial charge in [-0.3, -0.25) is 9.89 Å². The summed E-state index contributed by atoms with van der Waals surface area (Å²) in [6, 6.07) is 11.8. The summed E-state index contributed by atoms with van der Waals surface area (Å²) in [5, 5.41) is 7.12. The molecule has 1 saturated heterocycles. The second-order valence-corrected chi connectivity index (χ2v) is 7.18. The van der Waals surface area contributed by atoms with Gasteiger partial charge in [0.1, 0.15) is 0 Å². The Kier molecular flexibility index (Phi) is 8.26. The van der Waals surface area contributed by atoms with Crippen LogP contribution in [0.1, 0.15) is 58.1 Å². The van der Waals surface area contributed by atoms with Crippen molar-refractivity contribution in [2.75, 3.05) is 26.7 Å². The quantitative estimate of drug-likeness (QED) is 0.583. The second-order valence-electron chi connectivity index (χ2n) is 7.18. The first kappa shape index (κ1) is 19.8. The first-order valence-electron chi connectivity index (χ1n) is 9.94. The zero-order valence-electron chi connectivity index (χ0n) is 16.5. The van der Waals surface area contributed by atoms with Crippen LogP contribution in [0, 0.1) is 5.92 Å². The maximum Gasteiger partial charge on any atom is 0.191 e. The number of piperidine rings is 1. The molecule has 0 radical (unpaired) electrons. The van der Waals surface area contributed by atoms with Crippen LogP contribution in [-0.4, -0.2) is 43.6 Å². The number of likely N-dealkylation sites (tertiary alicyclic amines) is 1. The summed E-state index contributed by atoms with van der Waals surface area (Å²) in [5.74, 6) is 1.69. The first-order valence-corrected chi connectivity index (χ1v) is 9.94. The number of rotatable bonds is 7. The lowest BCUT2D eigenvalue weighted by Gasteiger charge is -2.37. The molecule has 0 aliphatic carbocycles. The van der Waals surface area contributed by atoms with Gasteiger partial charge in [-0.15, -0.1) is 0 Å². The summed E-state index contributed by atoms with van der Waals surface area (Å²) < 4.78 is 0. The fraction of sp³-hybridized carbons (Fsp3) is 0.667.